The van der Waals surface area contributed by atoms with Crippen LogP contribution in [0.1, 0.15) is 59.3 Å². The molecular formula is C18H27F2NO4. The Bertz CT molecular complexity index is 536. The van der Waals surface area contributed by atoms with Crippen molar-refractivity contribution in [3.05, 3.63) is 23.5 Å². The van der Waals surface area contributed by atoms with Gasteiger partial charge in [0.05, 0.1) is 0 Å². The lowest BCUT2D eigenvalue weighted by molar-refractivity contribution is -0.122. The van der Waals surface area contributed by atoms with Crippen molar-refractivity contribution >= 4 is 11.9 Å². The molecule has 0 saturated heterocycles. The zero-order valence-electron chi connectivity index (χ0n) is 15.1. The third-order valence-electron chi connectivity index (χ3n) is 3.33. The summed E-state index contributed by atoms with van der Waals surface area (Å²) in [4.78, 5) is 23.1. The minimum Gasteiger partial charge on any atom is -0.480 e. The smallest absolute Gasteiger partial charge is 0.407 e. The number of amides is 1. The predicted molar refractivity (Wildman–Crippen MR) is 90.2 cm³/mol. The zero-order chi connectivity index (χ0) is 18.9. The number of halogens is 2. The van der Waals surface area contributed by atoms with Gasteiger partial charge in [0.1, 0.15) is 18.0 Å². The number of alkyl carbamates (subject to hydrolysis) is 1. The topological polar surface area (TPSA) is 64.6 Å². The van der Waals surface area contributed by atoms with Gasteiger partial charge in [-0.2, -0.15) is 0 Å². The fourth-order valence-electron chi connectivity index (χ4n) is 2.16. The molecule has 0 heterocycles. The lowest BCUT2D eigenvalue weighted by atomic mass is 10.1. The second-order valence-electron chi connectivity index (χ2n) is 6.89. The molecule has 1 amide bonds. The van der Waals surface area contributed by atoms with Gasteiger partial charge in [-0.05, 0) is 46.1 Å². The highest BCUT2D eigenvalue weighted by Gasteiger charge is 2.19. The summed E-state index contributed by atoms with van der Waals surface area (Å²) in [5.74, 6) is -2.05. The van der Waals surface area contributed by atoms with Gasteiger partial charge in [0.15, 0.2) is 17.4 Å². The van der Waals surface area contributed by atoms with Crippen molar-refractivity contribution in [3.8, 4) is 0 Å². The molecule has 25 heavy (non-hydrogen) atoms. The van der Waals surface area contributed by atoms with E-state index >= 15 is 0 Å². The maximum Gasteiger partial charge on any atom is 0.407 e. The molecule has 7 heteroatoms. The highest BCUT2D eigenvalue weighted by molar-refractivity contribution is 5.79. The second-order valence-corrected chi connectivity index (χ2v) is 6.89. The quantitative estimate of drug-likeness (QED) is 0.616. The van der Waals surface area contributed by atoms with Crippen LogP contribution < -0.4 is 5.32 Å². The molecule has 0 aromatic rings. The van der Waals surface area contributed by atoms with E-state index in [0.29, 0.717) is 25.8 Å². The molecule has 0 radical (unpaired) electrons. The van der Waals surface area contributed by atoms with Crippen LogP contribution in [-0.4, -0.2) is 30.6 Å². The van der Waals surface area contributed by atoms with E-state index in [2.05, 4.69) is 5.32 Å². The van der Waals surface area contributed by atoms with Crippen molar-refractivity contribution in [1.82, 2.24) is 5.32 Å². The minimum atomic E-state index is -0.746. The molecular weight excluding hydrogens is 332 g/mol. The zero-order valence-corrected chi connectivity index (χ0v) is 15.1. The number of hydrogen-bond donors (Lipinski definition) is 1. The normalized spacial score (nSPS) is 14.8. The Morgan fingerprint density at radius 3 is 2.56 bits per heavy atom. The Hall–Kier alpha value is -1.92. The average Bonchev–Trinajstić information content (AvgIpc) is 2.48. The molecule has 0 atom stereocenters. The first-order valence-corrected chi connectivity index (χ1v) is 8.55. The molecule has 0 unspecified atom stereocenters. The van der Waals surface area contributed by atoms with Gasteiger partial charge in [0.2, 0.25) is 0 Å². The third kappa shape index (κ3) is 9.22. The Morgan fingerprint density at radius 2 is 1.92 bits per heavy atom. The molecule has 0 saturated carbocycles. The maximum absolute atomic E-state index is 13.4. The lowest BCUT2D eigenvalue weighted by Gasteiger charge is -2.19. The van der Waals surface area contributed by atoms with E-state index in [1.165, 1.54) is 6.08 Å². The monoisotopic (exact) mass is 359 g/mol. The summed E-state index contributed by atoms with van der Waals surface area (Å²) in [7, 11) is 0. The van der Waals surface area contributed by atoms with Gasteiger partial charge in [-0.1, -0.05) is 6.42 Å². The second kappa shape index (κ2) is 10.2. The van der Waals surface area contributed by atoms with Crippen LogP contribution >= 0.6 is 0 Å². The van der Waals surface area contributed by atoms with E-state index in [0.717, 1.165) is 6.42 Å². The van der Waals surface area contributed by atoms with Gasteiger partial charge in [-0.15, -0.1) is 0 Å². The molecule has 0 aliphatic heterocycles. The first-order chi connectivity index (χ1) is 11.7. The summed E-state index contributed by atoms with van der Waals surface area (Å²) in [6.45, 7) is 5.50. The van der Waals surface area contributed by atoms with Crippen molar-refractivity contribution in [2.75, 3.05) is 13.2 Å². The van der Waals surface area contributed by atoms with E-state index in [1.54, 1.807) is 20.8 Å². The minimum absolute atomic E-state index is 0.0988. The largest absolute Gasteiger partial charge is 0.480 e. The number of rotatable bonds is 9. The molecule has 0 aromatic heterocycles. The van der Waals surface area contributed by atoms with E-state index < -0.39 is 29.1 Å². The Labute approximate surface area is 147 Å². The van der Waals surface area contributed by atoms with Crippen molar-refractivity contribution < 1.29 is 27.8 Å². The van der Waals surface area contributed by atoms with Crippen molar-refractivity contribution in [2.24, 2.45) is 0 Å². The number of nitrogens with one attached hydrogen (secondary N) is 1. The summed E-state index contributed by atoms with van der Waals surface area (Å²) >= 11 is 0. The Balaban J connectivity index is 2.10. The highest BCUT2D eigenvalue weighted by atomic mass is 19.1. The first kappa shape index (κ1) is 21.1. The fourth-order valence-corrected chi connectivity index (χ4v) is 2.16. The molecule has 0 aromatic carbocycles. The molecule has 1 aliphatic rings. The van der Waals surface area contributed by atoms with Crippen molar-refractivity contribution in [3.63, 3.8) is 0 Å². The van der Waals surface area contributed by atoms with E-state index in [9.17, 15) is 18.4 Å². The number of carbonyl (C=O) groups excluding carboxylic acids is 2. The molecule has 0 bridgehead atoms. The predicted octanol–water partition coefficient (Wildman–Crippen LogP) is 4.49. The number of carbonyl (C=O) groups is 2. The first-order valence-electron chi connectivity index (χ1n) is 8.55. The van der Waals surface area contributed by atoms with Gasteiger partial charge in [0, 0.05) is 19.4 Å². The molecule has 1 N–H and O–H groups in total. The standard InChI is InChI=1S/C18H27F2NO4/c1-18(2,3)25-17(23)21-11-6-4-5-8-13(22)12-24-16-14(19)9-7-10-15(16)20/h9H,4-8,10-12H2,1-3H3,(H,21,23). The van der Waals surface area contributed by atoms with Crippen molar-refractivity contribution in [1.29, 1.82) is 0 Å². The summed E-state index contributed by atoms with van der Waals surface area (Å²) in [5.41, 5.74) is -0.529. The van der Waals surface area contributed by atoms with Crippen LogP contribution in [0.25, 0.3) is 0 Å². The fraction of sp³-hybridized carbons (Fsp3) is 0.667. The number of allylic oxidation sites excluding steroid dienone is 3. The molecule has 1 rings (SSSR count). The molecule has 0 spiro atoms. The van der Waals surface area contributed by atoms with E-state index in [-0.39, 0.29) is 25.2 Å². The van der Waals surface area contributed by atoms with Gasteiger partial charge in [-0.3, -0.25) is 4.79 Å². The lowest BCUT2D eigenvalue weighted by Crippen LogP contribution is -2.33. The summed E-state index contributed by atoms with van der Waals surface area (Å²) < 4.78 is 36.9. The van der Waals surface area contributed by atoms with Crippen LogP contribution in [0, 0.1) is 0 Å². The third-order valence-corrected chi connectivity index (χ3v) is 3.33. The molecule has 142 valence electrons. The number of hydrogen-bond acceptors (Lipinski definition) is 4. The van der Waals surface area contributed by atoms with Gasteiger partial charge in [-0.25, -0.2) is 13.6 Å². The maximum atomic E-state index is 13.4. The summed E-state index contributed by atoms with van der Waals surface area (Å²) in [5, 5.41) is 2.64. The van der Waals surface area contributed by atoms with Gasteiger partial charge < -0.3 is 14.8 Å². The molecule has 0 fully saturated rings. The number of unbranched alkanes of at least 4 members (excludes halogenated alkanes) is 2. The van der Waals surface area contributed by atoms with Crippen LogP contribution in [0.3, 0.4) is 0 Å². The number of ether oxygens (including phenoxy) is 2. The number of ketones is 1. The van der Waals surface area contributed by atoms with Crippen molar-refractivity contribution in [2.45, 2.75) is 64.9 Å². The van der Waals surface area contributed by atoms with Crippen LogP contribution in [0.4, 0.5) is 13.6 Å². The van der Waals surface area contributed by atoms with Crippen LogP contribution in [-0.2, 0) is 14.3 Å². The SMILES string of the molecule is CC(C)(C)OC(=O)NCCCCCC(=O)COC1=C(F)CCC=C1F. The molecule has 1 aliphatic carbocycles. The average molecular weight is 359 g/mol. The van der Waals surface area contributed by atoms with Gasteiger partial charge >= 0.3 is 6.09 Å². The Kier molecular flexibility index (Phi) is 8.58. The van der Waals surface area contributed by atoms with Gasteiger partial charge in [0.25, 0.3) is 0 Å². The van der Waals surface area contributed by atoms with E-state index in [1.807, 2.05) is 0 Å². The summed E-state index contributed by atoms with van der Waals surface area (Å²) in [6, 6.07) is 0. The highest BCUT2D eigenvalue weighted by Crippen LogP contribution is 2.27. The van der Waals surface area contributed by atoms with Crippen LogP contribution in [0.15, 0.2) is 23.5 Å². The molecule has 5 nitrogen and oxygen atoms in total. The van der Waals surface area contributed by atoms with Crippen LogP contribution in [0.2, 0.25) is 0 Å². The Morgan fingerprint density at radius 1 is 1.20 bits per heavy atom. The van der Waals surface area contributed by atoms with E-state index in [4.69, 9.17) is 9.47 Å². The summed E-state index contributed by atoms with van der Waals surface area (Å²) in [6.07, 6.45) is 3.54. The number of Topliss-reactive ketones (excluding diaryl/α,β-unsaturated/α-hetero) is 1. The van der Waals surface area contributed by atoms with Crippen LogP contribution in [0.5, 0.6) is 0 Å².